The Labute approximate surface area is 157 Å². The van der Waals surface area contributed by atoms with E-state index in [9.17, 15) is 9.59 Å². The van der Waals surface area contributed by atoms with Crippen LogP contribution in [-0.4, -0.2) is 89.9 Å². The molecule has 0 radical (unpaired) electrons. The van der Waals surface area contributed by atoms with Crippen LogP contribution in [0.15, 0.2) is 0 Å². The number of nitrogens with zero attached hydrogens (tertiary/aromatic N) is 4. The first-order valence-corrected chi connectivity index (χ1v) is 10.6. The van der Waals surface area contributed by atoms with Crippen LogP contribution in [0.2, 0.25) is 0 Å². The number of piperazine rings is 1. The highest BCUT2D eigenvalue weighted by Gasteiger charge is 2.44. The zero-order valence-corrected chi connectivity index (χ0v) is 16.3. The molecule has 0 aromatic carbocycles. The molecule has 1 saturated carbocycles. The van der Waals surface area contributed by atoms with Gasteiger partial charge in [0.15, 0.2) is 0 Å². The van der Waals surface area contributed by atoms with Crippen molar-refractivity contribution in [2.45, 2.75) is 56.9 Å². The Bertz CT molecular complexity index is 544. The third-order valence-corrected chi connectivity index (χ3v) is 7.08. The molecule has 6 heteroatoms. The maximum Gasteiger partial charge on any atom is 0.320 e. The second-order valence-corrected chi connectivity index (χ2v) is 8.93. The lowest BCUT2D eigenvalue weighted by molar-refractivity contribution is -0.130. The average Bonchev–Trinajstić information content (AvgIpc) is 3.50. The Kier molecular flexibility index (Phi) is 5.13. The lowest BCUT2D eigenvalue weighted by Crippen LogP contribution is -2.63. The topological polar surface area (TPSA) is 47.1 Å². The van der Waals surface area contributed by atoms with Crippen molar-refractivity contribution >= 4 is 11.9 Å². The molecule has 0 bridgehead atoms. The Hall–Kier alpha value is -1.30. The third-order valence-electron chi connectivity index (χ3n) is 7.08. The maximum absolute atomic E-state index is 13.0. The smallest absolute Gasteiger partial charge is 0.320 e. The van der Waals surface area contributed by atoms with Crippen molar-refractivity contribution in [3.63, 3.8) is 0 Å². The van der Waals surface area contributed by atoms with Crippen molar-refractivity contribution in [3.8, 4) is 0 Å². The molecule has 3 amide bonds. The van der Waals surface area contributed by atoms with E-state index in [1.165, 1.54) is 19.3 Å². The minimum absolute atomic E-state index is 0.0301. The summed E-state index contributed by atoms with van der Waals surface area (Å²) in [4.78, 5) is 34.3. The van der Waals surface area contributed by atoms with Crippen molar-refractivity contribution < 1.29 is 9.59 Å². The van der Waals surface area contributed by atoms with Crippen molar-refractivity contribution in [1.29, 1.82) is 0 Å². The Morgan fingerprint density at radius 2 is 1.77 bits per heavy atom. The fourth-order valence-electron chi connectivity index (χ4n) is 4.95. The van der Waals surface area contributed by atoms with Crippen LogP contribution in [0.25, 0.3) is 0 Å². The van der Waals surface area contributed by atoms with Gasteiger partial charge in [0.25, 0.3) is 0 Å². The molecule has 1 unspecified atom stereocenters. The largest absolute Gasteiger partial charge is 0.342 e. The van der Waals surface area contributed by atoms with E-state index in [2.05, 4.69) is 21.7 Å². The van der Waals surface area contributed by atoms with Crippen LogP contribution in [0.3, 0.4) is 0 Å². The molecule has 4 aliphatic rings. The van der Waals surface area contributed by atoms with Crippen LogP contribution in [0.5, 0.6) is 0 Å². The molecule has 1 spiro atoms. The highest BCUT2D eigenvalue weighted by molar-refractivity contribution is 5.77. The first kappa shape index (κ1) is 18.1. The molecule has 3 aliphatic heterocycles. The quantitative estimate of drug-likeness (QED) is 0.755. The SMILES string of the molecule is CN1CCN(C(=O)N2CCCCC2)CC12CCC(=O)N(CC1CC1)CC2. The lowest BCUT2D eigenvalue weighted by atomic mass is 9.86. The molecular formula is C20H34N4O2. The molecule has 4 rings (SSSR count). The van der Waals surface area contributed by atoms with Gasteiger partial charge in [-0.05, 0) is 57.9 Å². The summed E-state index contributed by atoms with van der Waals surface area (Å²) >= 11 is 0. The number of hydrogen-bond donors (Lipinski definition) is 0. The monoisotopic (exact) mass is 362 g/mol. The number of hydrogen-bond acceptors (Lipinski definition) is 3. The van der Waals surface area contributed by atoms with Crippen LogP contribution in [0.4, 0.5) is 4.79 Å². The molecule has 0 N–H and O–H groups in total. The van der Waals surface area contributed by atoms with Gasteiger partial charge in [-0.2, -0.15) is 0 Å². The number of likely N-dealkylation sites (tertiary alicyclic amines) is 2. The summed E-state index contributed by atoms with van der Waals surface area (Å²) in [6, 6.07) is 0.225. The van der Waals surface area contributed by atoms with E-state index in [0.717, 1.165) is 77.4 Å². The van der Waals surface area contributed by atoms with Crippen molar-refractivity contribution in [2.75, 3.05) is 52.9 Å². The summed E-state index contributed by atoms with van der Waals surface area (Å²) in [6.45, 7) is 6.13. The number of urea groups is 1. The molecular weight excluding hydrogens is 328 g/mol. The second kappa shape index (κ2) is 7.37. The van der Waals surface area contributed by atoms with Gasteiger partial charge >= 0.3 is 6.03 Å². The second-order valence-electron chi connectivity index (χ2n) is 8.93. The number of piperidine rings is 1. The number of carbonyl (C=O) groups excluding carboxylic acids is 2. The zero-order valence-electron chi connectivity index (χ0n) is 16.3. The Morgan fingerprint density at radius 1 is 1.00 bits per heavy atom. The van der Waals surface area contributed by atoms with Gasteiger partial charge in [0.1, 0.15) is 0 Å². The lowest BCUT2D eigenvalue weighted by Gasteiger charge is -2.50. The van der Waals surface area contributed by atoms with Gasteiger partial charge in [0.05, 0.1) is 0 Å². The fourth-order valence-corrected chi connectivity index (χ4v) is 4.95. The van der Waals surface area contributed by atoms with E-state index in [0.29, 0.717) is 12.3 Å². The summed E-state index contributed by atoms with van der Waals surface area (Å²) < 4.78 is 0. The predicted molar refractivity (Wildman–Crippen MR) is 101 cm³/mol. The standard InChI is InChI=1S/C20H34N4O2/c1-21-13-14-24(19(26)22-10-3-2-4-11-22)16-20(21)8-7-18(25)23(12-9-20)15-17-5-6-17/h17H,2-16H2,1H3. The highest BCUT2D eigenvalue weighted by atomic mass is 16.2. The summed E-state index contributed by atoms with van der Waals surface area (Å²) in [7, 11) is 2.18. The molecule has 4 fully saturated rings. The minimum Gasteiger partial charge on any atom is -0.342 e. The van der Waals surface area contributed by atoms with Gasteiger partial charge in [-0.1, -0.05) is 0 Å². The molecule has 26 heavy (non-hydrogen) atoms. The van der Waals surface area contributed by atoms with Gasteiger partial charge in [0.2, 0.25) is 5.91 Å². The number of carbonyl (C=O) groups is 2. The van der Waals surface area contributed by atoms with Crippen molar-refractivity contribution in [2.24, 2.45) is 5.92 Å². The van der Waals surface area contributed by atoms with Crippen LogP contribution in [-0.2, 0) is 4.79 Å². The molecule has 1 aliphatic carbocycles. The van der Waals surface area contributed by atoms with E-state index in [4.69, 9.17) is 0 Å². The normalized spacial score (nSPS) is 31.4. The van der Waals surface area contributed by atoms with Crippen LogP contribution in [0.1, 0.15) is 51.4 Å². The molecule has 3 heterocycles. The van der Waals surface area contributed by atoms with Crippen molar-refractivity contribution in [3.05, 3.63) is 0 Å². The first-order valence-electron chi connectivity index (χ1n) is 10.6. The predicted octanol–water partition coefficient (Wildman–Crippen LogP) is 2.00. The maximum atomic E-state index is 13.0. The molecule has 0 aromatic rings. The Balaban J connectivity index is 1.43. The van der Waals surface area contributed by atoms with Crippen LogP contribution in [0, 0.1) is 5.92 Å². The number of likely N-dealkylation sites (N-methyl/N-ethyl adjacent to an activating group) is 1. The molecule has 1 atom stereocenters. The summed E-state index contributed by atoms with van der Waals surface area (Å²) in [5, 5.41) is 0. The van der Waals surface area contributed by atoms with Gasteiger partial charge < -0.3 is 14.7 Å². The first-order chi connectivity index (χ1) is 12.6. The van der Waals surface area contributed by atoms with E-state index in [1.807, 2.05) is 4.90 Å². The van der Waals surface area contributed by atoms with Crippen LogP contribution < -0.4 is 0 Å². The number of amides is 3. The van der Waals surface area contributed by atoms with Gasteiger partial charge in [0, 0.05) is 57.8 Å². The van der Waals surface area contributed by atoms with Crippen molar-refractivity contribution in [1.82, 2.24) is 19.6 Å². The van der Waals surface area contributed by atoms with E-state index < -0.39 is 0 Å². The van der Waals surface area contributed by atoms with Gasteiger partial charge in [-0.3, -0.25) is 9.69 Å². The number of rotatable bonds is 2. The minimum atomic E-state index is -0.0301. The average molecular weight is 363 g/mol. The van der Waals surface area contributed by atoms with Crippen LogP contribution >= 0.6 is 0 Å². The van der Waals surface area contributed by atoms with Gasteiger partial charge in [-0.15, -0.1) is 0 Å². The Morgan fingerprint density at radius 3 is 2.50 bits per heavy atom. The highest BCUT2D eigenvalue weighted by Crippen LogP contribution is 2.35. The summed E-state index contributed by atoms with van der Waals surface area (Å²) in [6.07, 6.45) is 8.58. The van der Waals surface area contributed by atoms with E-state index >= 15 is 0 Å². The fraction of sp³-hybridized carbons (Fsp3) is 0.900. The molecule has 6 nitrogen and oxygen atoms in total. The van der Waals surface area contributed by atoms with E-state index in [-0.39, 0.29) is 11.6 Å². The van der Waals surface area contributed by atoms with Gasteiger partial charge in [-0.25, -0.2) is 4.79 Å². The third kappa shape index (κ3) is 3.71. The van der Waals surface area contributed by atoms with E-state index in [1.54, 1.807) is 0 Å². The summed E-state index contributed by atoms with van der Waals surface area (Å²) in [5.74, 6) is 1.07. The summed E-state index contributed by atoms with van der Waals surface area (Å²) in [5.41, 5.74) is -0.0301. The molecule has 146 valence electrons. The molecule has 3 saturated heterocycles. The zero-order chi connectivity index (χ0) is 18.1. The molecule has 0 aromatic heterocycles.